The molecule has 104 valence electrons. The molecule has 0 saturated heterocycles. The van der Waals surface area contributed by atoms with Crippen molar-refractivity contribution in [2.75, 3.05) is 11.9 Å². The summed E-state index contributed by atoms with van der Waals surface area (Å²) in [5.74, 6) is -0.0339. The van der Waals surface area contributed by atoms with Gasteiger partial charge in [0.05, 0.1) is 0 Å². The maximum Gasteiger partial charge on any atom is 0.251 e. The minimum Gasteiger partial charge on any atom is -0.351 e. The van der Waals surface area contributed by atoms with Crippen molar-refractivity contribution in [3.8, 4) is 0 Å². The summed E-state index contributed by atoms with van der Waals surface area (Å²) in [6, 6.07) is 7.08. The van der Waals surface area contributed by atoms with Crippen LogP contribution in [0.15, 0.2) is 24.3 Å². The average molecular weight is 345 g/mol. The average Bonchev–Trinajstić information content (AvgIpc) is 2.46. The Balaban J connectivity index is 1.95. The van der Waals surface area contributed by atoms with Crippen molar-refractivity contribution >= 4 is 33.4 Å². The van der Waals surface area contributed by atoms with Crippen molar-refractivity contribution in [2.24, 2.45) is 5.41 Å². The Labute approximate surface area is 128 Å². The second-order valence-corrected chi connectivity index (χ2v) is 6.38. The number of hydrogen-bond acceptors (Lipinski definition) is 1. The fourth-order valence-electron chi connectivity index (χ4n) is 2.66. The molecule has 1 aliphatic carbocycles. The normalized spacial score (nSPS) is 18.0. The first-order chi connectivity index (χ1) is 9.15. The highest BCUT2D eigenvalue weighted by Crippen LogP contribution is 2.37. The summed E-state index contributed by atoms with van der Waals surface area (Å²) >= 11 is 9.52. The van der Waals surface area contributed by atoms with Crippen LogP contribution in [0.1, 0.15) is 42.5 Å². The minimum absolute atomic E-state index is 0.0339. The zero-order chi connectivity index (χ0) is 13.7. The largest absolute Gasteiger partial charge is 0.351 e. The van der Waals surface area contributed by atoms with Gasteiger partial charge in [-0.05, 0) is 36.5 Å². The highest BCUT2D eigenvalue weighted by Gasteiger charge is 2.31. The van der Waals surface area contributed by atoms with Crippen LogP contribution in [0.2, 0.25) is 5.02 Å². The molecule has 1 amide bonds. The quantitative estimate of drug-likeness (QED) is 0.805. The zero-order valence-electron chi connectivity index (χ0n) is 10.9. The van der Waals surface area contributed by atoms with E-state index in [0.717, 1.165) is 11.9 Å². The van der Waals surface area contributed by atoms with Crippen molar-refractivity contribution in [1.82, 2.24) is 5.32 Å². The smallest absolute Gasteiger partial charge is 0.251 e. The van der Waals surface area contributed by atoms with Crippen molar-refractivity contribution in [2.45, 2.75) is 32.1 Å². The number of amides is 1. The molecule has 0 bridgehead atoms. The Morgan fingerprint density at radius 2 is 2.05 bits per heavy atom. The van der Waals surface area contributed by atoms with Crippen molar-refractivity contribution < 1.29 is 4.79 Å². The predicted molar refractivity (Wildman–Crippen MR) is 83.1 cm³/mol. The zero-order valence-corrected chi connectivity index (χ0v) is 13.3. The van der Waals surface area contributed by atoms with E-state index in [2.05, 4.69) is 21.2 Å². The molecule has 0 heterocycles. The van der Waals surface area contributed by atoms with Gasteiger partial charge in [-0.3, -0.25) is 4.79 Å². The van der Waals surface area contributed by atoms with Crippen LogP contribution in [0.4, 0.5) is 0 Å². The molecule has 1 aromatic rings. The maximum atomic E-state index is 12.1. The Hall–Kier alpha value is -0.540. The minimum atomic E-state index is -0.0339. The van der Waals surface area contributed by atoms with Gasteiger partial charge in [-0.2, -0.15) is 0 Å². The fourth-order valence-corrected chi connectivity index (χ4v) is 3.61. The highest BCUT2D eigenvalue weighted by molar-refractivity contribution is 9.09. The summed E-state index contributed by atoms with van der Waals surface area (Å²) in [7, 11) is 0. The number of rotatable bonds is 4. The molecule has 2 rings (SSSR count). The van der Waals surface area contributed by atoms with Crippen LogP contribution in [0.25, 0.3) is 0 Å². The number of benzene rings is 1. The van der Waals surface area contributed by atoms with Crippen LogP contribution < -0.4 is 5.32 Å². The van der Waals surface area contributed by atoms with Gasteiger partial charge in [0, 0.05) is 22.5 Å². The number of carbonyl (C=O) groups is 1. The number of halogens is 2. The van der Waals surface area contributed by atoms with E-state index in [1.54, 1.807) is 24.3 Å². The molecule has 1 aromatic carbocycles. The van der Waals surface area contributed by atoms with Gasteiger partial charge in [0.25, 0.3) is 5.91 Å². The third-order valence-electron chi connectivity index (χ3n) is 3.91. The summed E-state index contributed by atoms with van der Waals surface area (Å²) in [4.78, 5) is 12.1. The van der Waals surface area contributed by atoms with E-state index < -0.39 is 0 Å². The van der Waals surface area contributed by atoms with Crippen molar-refractivity contribution in [3.63, 3.8) is 0 Å². The molecule has 1 fully saturated rings. The van der Waals surface area contributed by atoms with Crippen LogP contribution in [0.5, 0.6) is 0 Å². The van der Waals surface area contributed by atoms with Crippen LogP contribution in [-0.2, 0) is 0 Å². The predicted octanol–water partition coefficient (Wildman–Crippen LogP) is 4.42. The van der Waals surface area contributed by atoms with Gasteiger partial charge >= 0.3 is 0 Å². The summed E-state index contributed by atoms with van der Waals surface area (Å²) < 4.78 is 0. The van der Waals surface area contributed by atoms with E-state index in [1.165, 1.54) is 32.1 Å². The second kappa shape index (κ2) is 6.76. The molecule has 4 heteroatoms. The highest BCUT2D eigenvalue weighted by atomic mass is 79.9. The second-order valence-electron chi connectivity index (χ2n) is 5.39. The van der Waals surface area contributed by atoms with Gasteiger partial charge in [-0.25, -0.2) is 0 Å². The first-order valence-corrected chi connectivity index (χ1v) is 8.25. The Morgan fingerprint density at radius 1 is 1.32 bits per heavy atom. The number of carbonyl (C=O) groups excluding carboxylic acids is 1. The molecular weight excluding hydrogens is 326 g/mol. The maximum absolute atomic E-state index is 12.1. The first-order valence-electron chi connectivity index (χ1n) is 6.75. The Bertz CT molecular complexity index is 444. The van der Waals surface area contributed by atoms with Gasteiger partial charge in [0.1, 0.15) is 0 Å². The van der Waals surface area contributed by atoms with Crippen molar-refractivity contribution in [3.05, 3.63) is 34.9 Å². The lowest BCUT2D eigenvalue weighted by molar-refractivity contribution is 0.0922. The van der Waals surface area contributed by atoms with Crippen LogP contribution >= 0.6 is 27.5 Å². The lowest BCUT2D eigenvalue weighted by Gasteiger charge is -2.35. The van der Waals surface area contributed by atoms with Crippen molar-refractivity contribution in [1.29, 1.82) is 0 Å². The van der Waals surface area contributed by atoms with Gasteiger partial charge in [0.15, 0.2) is 0 Å². The molecule has 1 aliphatic rings. The van der Waals surface area contributed by atoms with Gasteiger partial charge in [0.2, 0.25) is 0 Å². The van der Waals surface area contributed by atoms with Crippen LogP contribution in [0, 0.1) is 5.41 Å². The topological polar surface area (TPSA) is 29.1 Å². The summed E-state index contributed by atoms with van der Waals surface area (Å²) in [6.07, 6.45) is 6.22. The van der Waals surface area contributed by atoms with E-state index in [4.69, 9.17) is 11.6 Å². The molecule has 0 radical (unpaired) electrons. The number of hydrogen-bond donors (Lipinski definition) is 1. The van der Waals surface area contributed by atoms with Crippen LogP contribution in [0.3, 0.4) is 0 Å². The lowest BCUT2D eigenvalue weighted by atomic mass is 9.75. The SMILES string of the molecule is O=C(NCC1(CBr)CCCCC1)c1cccc(Cl)c1. The van der Waals surface area contributed by atoms with E-state index in [-0.39, 0.29) is 11.3 Å². The van der Waals surface area contributed by atoms with Gasteiger partial charge in [-0.1, -0.05) is 52.9 Å². The molecule has 1 N–H and O–H groups in total. The third-order valence-corrected chi connectivity index (χ3v) is 5.33. The molecule has 0 spiro atoms. The standard InChI is InChI=1S/C15H19BrClNO/c16-10-15(7-2-1-3-8-15)11-18-14(19)12-5-4-6-13(17)9-12/h4-6,9H,1-3,7-8,10-11H2,(H,18,19). The van der Waals surface area contributed by atoms with E-state index in [9.17, 15) is 4.79 Å². The molecule has 0 atom stereocenters. The summed E-state index contributed by atoms with van der Waals surface area (Å²) in [6.45, 7) is 0.740. The van der Waals surface area contributed by atoms with E-state index >= 15 is 0 Å². The Kier molecular flexibility index (Phi) is 5.28. The summed E-state index contributed by atoms with van der Waals surface area (Å²) in [5, 5.41) is 4.61. The number of nitrogens with one attached hydrogen (secondary N) is 1. The molecule has 2 nitrogen and oxygen atoms in total. The summed E-state index contributed by atoms with van der Waals surface area (Å²) in [5.41, 5.74) is 0.861. The molecule has 0 aliphatic heterocycles. The van der Waals surface area contributed by atoms with Gasteiger partial charge in [-0.15, -0.1) is 0 Å². The van der Waals surface area contributed by atoms with E-state index in [1.807, 2.05) is 0 Å². The molecule has 19 heavy (non-hydrogen) atoms. The molecular formula is C15H19BrClNO. The van der Waals surface area contributed by atoms with Gasteiger partial charge < -0.3 is 5.32 Å². The molecule has 0 unspecified atom stereocenters. The lowest BCUT2D eigenvalue weighted by Crippen LogP contribution is -2.40. The van der Waals surface area contributed by atoms with Crippen LogP contribution in [-0.4, -0.2) is 17.8 Å². The fraction of sp³-hybridized carbons (Fsp3) is 0.533. The van der Waals surface area contributed by atoms with E-state index in [0.29, 0.717) is 10.6 Å². The number of alkyl halides is 1. The molecule has 0 aromatic heterocycles. The molecule has 1 saturated carbocycles. The first kappa shape index (κ1) is 14.9. The third kappa shape index (κ3) is 3.96. The monoisotopic (exact) mass is 343 g/mol. The Morgan fingerprint density at radius 3 is 2.68 bits per heavy atom.